The summed E-state index contributed by atoms with van der Waals surface area (Å²) in [6.45, 7) is 2.19. The van der Waals surface area contributed by atoms with Gasteiger partial charge in [0.1, 0.15) is 0 Å². The standard InChI is InChI=1S/C11H13N/c1-2-9-5-3-6-10-7-4-8-12-11(9)10/h3-8,10-11H,2H2,1H3. The molecule has 2 atom stereocenters. The second kappa shape index (κ2) is 3.10. The predicted molar refractivity (Wildman–Crippen MR) is 52.4 cm³/mol. The van der Waals surface area contributed by atoms with Crippen LogP contribution < -0.4 is 0 Å². The van der Waals surface area contributed by atoms with Crippen LogP contribution in [0.3, 0.4) is 0 Å². The van der Waals surface area contributed by atoms with Gasteiger partial charge in [-0.2, -0.15) is 0 Å². The van der Waals surface area contributed by atoms with Crippen LogP contribution in [-0.4, -0.2) is 12.3 Å². The summed E-state index contributed by atoms with van der Waals surface area (Å²) in [6, 6.07) is 0.394. The lowest BCUT2D eigenvalue weighted by atomic mass is 9.86. The molecule has 0 saturated heterocycles. The number of fused-ring (bicyclic) bond motifs is 1. The number of dihydropyridines is 1. The fraction of sp³-hybridized carbons (Fsp3) is 0.364. The van der Waals surface area contributed by atoms with Gasteiger partial charge in [-0.25, -0.2) is 0 Å². The number of aliphatic imine (C=N–C) groups is 1. The Hall–Kier alpha value is -1.11. The van der Waals surface area contributed by atoms with Crippen LogP contribution >= 0.6 is 0 Å². The molecule has 0 spiro atoms. The van der Waals surface area contributed by atoms with E-state index in [1.54, 1.807) is 0 Å². The van der Waals surface area contributed by atoms with Crippen LogP contribution in [0.15, 0.2) is 40.9 Å². The Morgan fingerprint density at radius 2 is 2.17 bits per heavy atom. The molecular formula is C11H13N. The molecule has 0 N–H and O–H groups in total. The van der Waals surface area contributed by atoms with Gasteiger partial charge in [-0.3, -0.25) is 4.99 Å². The fourth-order valence-electron chi connectivity index (χ4n) is 1.77. The largest absolute Gasteiger partial charge is 0.284 e. The second-order valence-electron chi connectivity index (χ2n) is 3.19. The van der Waals surface area contributed by atoms with Crippen molar-refractivity contribution in [3.05, 3.63) is 36.0 Å². The Balaban J connectivity index is 2.28. The Morgan fingerprint density at radius 1 is 1.33 bits per heavy atom. The summed E-state index contributed by atoms with van der Waals surface area (Å²) in [6.07, 6.45) is 13.8. The summed E-state index contributed by atoms with van der Waals surface area (Å²) < 4.78 is 0. The summed E-state index contributed by atoms with van der Waals surface area (Å²) in [7, 11) is 0. The van der Waals surface area contributed by atoms with Crippen molar-refractivity contribution in [2.75, 3.05) is 0 Å². The first-order valence-corrected chi connectivity index (χ1v) is 4.49. The highest BCUT2D eigenvalue weighted by molar-refractivity contribution is 5.73. The minimum Gasteiger partial charge on any atom is -0.284 e. The summed E-state index contributed by atoms with van der Waals surface area (Å²) in [4.78, 5) is 4.47. The molecule has 0 aromatic heterocycles. The van der Waals surface area contributed by atoms with Crippen molar-refractivity contribution in [3.63, 3.8) is 0 Å². The molecule has 1 aliphatic carbocycles. The van der Waals surface area contributed by atoms with Gasteiger partial charge < -0.3 is 0 Å². The van der Waals surface area contributed by atoms with Gasteiger partial charge in [-0.15, -0.1) is 0 Å². The van der Waals surface area contributed by atoms with Crippen LogP contribution in [-0.2, 0) is 0 Å². The zero-order valence-electron chi connectivity index (χ0n) is 7.27. The van der Waals surface area contributed by atoms with Crippen LogP contribution in [0.2, 0.25) is 0 Å². The van der Waals surface area contributed by atoms with E-state index >= 15 is 0 Å². The van der Waals surface area contributed by atoms with Gasteiger partial charge in [0.2, 0.25) is 0 Å². The topological polar surface area (TPSA) is 12.4 Å². The normalized spacial score (nSPS) is 31.6. The molecule has 0 bridgehead atoms. The van der Waals surface area contributed by atoms with Gasteiger partial charge in [-0.05, 0) is 18.1 Å². The summed E-state index contributed by atoms with van der Waals surface area (Å²) in [5, 5.41) is 0. The van der Waals surface area contributed by atoms with E-state index in [0.717, 1.165) is 6.42 Å². The lowest BCUT2D eigenvalue weighted by molar-refractivity contribution is 0.631. The molecule has 2 aliphatic rings. The second-order valence-corrected chi connectivity index (χ2v) is 3.19. The number of hydrogen-bond acceptors (Lipinski definition) is 1. The van der Waals surface area contributed by atoms with E-state index in [2.05, 4.69) is 36.2 Å². The van der Waals surface area contributed by atoms with Gasteiger partial charge in [0, 0.05) is 12.1 Å². The Labute approximate surface area is 73.2 Å². The molecule has 0 amide bonds. The lowest BCUT2D eigenvalue weighted by Crippen LogP contribution is -2.21. The first-order valence-electron chi connectivity index (χ1n) is 4.49. The molecule has 0 aromatic rings. The lowest BCUT2D eigenvalue weighted by Gasteiger charge is -2.25. The predicted octanol–water partition coefficient (Wildman–Crippen LogP) is 2.52. The quantitative estimate of drug-likeness (QED) is 0.557. The molecule has 1 aliphatic heterocycles. The van der Waals surface area contributed by atoms with Crippen molar-refractivity contribution in [1.29, 1.82) is 0 Å². The zero-order chi connectivity index (χ0) is 8.39. The van der Waals surface area contributed by atoms with Crippen LogP contribution in [0.5, 0.6) is 0 Å². The van der Waals surface area contributed by atoms with E-state index in [-0.39, 0.29) is 0 Å². The Morgan fingerprint density at radius 3 is 3.00 bits per heavy atom. The third-order valence-electron chi connectivity index (χ3n) is 2.46. The van der Waals surface area contributed by atoms with Crippen LogP contribution in [0, 0.1) is 5.92 Å². The highest BCUT2D eigenvalue weighted by Gasteiger charge is 2.21. The van der Waals surface area contributed by atoms with Gasteiger partial charge in [0.25, 0.3) is 0 Å². The van der Waals surface area contributed by atoms with Crippen LogP contribution in [0.4, 0.5) is 0 Å². The molecule has 2 unspecified atom stereocenters. The van der Waals surface area contributed by atoms with E-state index < -0.39 is 0 Å². The van der Waals surface area contributed by atoms with Gasteiger partial charge in [-0.1, -0.05) is 31.2 Å². The Kier molecular flexibility index (Phi) is 1.94. The van der Waals surface area contributed by atoms with Crippen molar-refractivity contribution >= 4 is 6.21 Å². The number of hydrogen-bond donors (Lipinski definition) is 0. The molecular weight excluding hydrogens is 146 g/mol. The van der Waals surface area contributed by atoms with Crippen molar-refractivity contribution in [1.82, 2.24) is 0 Å². The third-order valence-corrected chi connectivity index (χ3v) is 2.46. The van der Waals surface area contributed by atoms with Crippen molar-refractivity contribution < 1.29 is 0 Å². The van der Waals surface area contributed by atoms with E-state index in [9.17, 15) is 0 Å². The average Bonchev–Trinajstić information content (AvgIpc) is 2.17. The van der Waals surface area contributed by atoms with Crippen molar-refractivity contribution in [3.8, 4) is 0 Å². The maximum Gasteiger partial charge on any atom is 0.0809 e. The molecule has 1 heterocycles. The monoisotopic (exact) mass is 159 g/mol. The number of rotatable bonds is 1. The maximum absolute atomic E-state index is 4.47. The molecule has 0 aromatic carbocycles. The summed E-state index contributed by atoms with van der Waals surface area (Å²) in [5.41, 5.74) is 1.45. The molecule has 12 heavy (non-hydrogen) atoms. The highest BCUT2D eigenvalue weighted by atomic mass is 14.8. The molecule has 0 saturated carbocycles. The maximum atomic E-state index is 4.47. The zero-order valence-corrected chi connectivity index (χ0v) is 7.27. The highest BCUT2D eigenvalue weighted by Crippen LogP contribution is 2.27. The molecule has 2 rings (SSSR count). The molecule has 1 heteroatoms. The van der Waals surface area contributed by atoms with Gasteiger partial charge in [0.05, 0.1) is 6.04 Å². The fourth-order valence-corrected chi connectivity index (χ4v) is 1.77. The first kappa shape index (κ1) is 7.53. The minimum atomic E-state index is 0.394. The SMILES string of the molecule is CCC1=CC=CC2C=CC=NC12. The van der Waals surface area contributed by atoms with E-state index in [1.165, 1.54) is 5.57 Å². The van der Waals surface area contributed by atoms with E-state index in [0.29, 0.717) is 12.0 Å². The van der Waals surface area contributed by atoms with Crippen molar-refractivity contribution in [2.45, 2.75) is 19.4 Å². The molecule has 0 fully saturated rings. The number of nitrogens with zero attached hydrogens (tertiary/aromatic N) is 1. The summed E-state index contributed by atoms with van der Waals surface area (Å²) in [5.74, 6) is 0.509. The summed E-state index contributed by atoms with van der Waals surface area (Å²) >= 11 is 0. The molecule has 0 radical (unpaired) electrons. The first-order chi connectivity index (χ1) is 5.92. The van der Waals surface area contributed by atoms with Gasteiger partial charge >= 0.3 is 0 Å². The third kappa shape index (κ3) is 1.15. The Bertz CT molecular complexity index is 281. The smallest absolute Gasteiger partial charge is 0.0809 e. The average molecular weight is 159 g/mol. The van der Waals surface area contributed by atoms with Crippen LogP contribution in [0.1, 0.15) is 13.3 Å². The van der Waals surface area contributed by atoms with E-state index in [4.69, 9.17) is 0 Å². The van der Waals surface area contributed by atoms with Crippen LogP contribution in [0.25, 0.3) is 0 Å². The minimum absolute atomic E-state index is 0.394. The molecule has 1 nitrogen and oxygen atoms in total. The number of allylic oxidation sites excluding steroid dienone is 3. The van der Waals surface area contributed by atoms with E-state index in [1.807, 2.05) is 12.3 Å². The van der Waals surface area contributed by atoms with Crippen molar-refractivity contribution in [2.24, 2.45) is 10.9 Å². The van der Waals surface area contributed by atoms with Gasteiger partial charge in [0.15, 0.2) is 0 Å². The molecule has 62 valence electrons.